The normalized spacial score (nSPS) is 12.5. The van der Waals surface area contributed by atoms with E-state index in [0.717, 1.165) is 27.9 Å². The number of methoxy groups -OCH3 is 1. The Labute approximate surface area is 140 Å². The van der Waals surface area contributed by atoms with E-state index in [1.165, 1.54) is 24.9 Å². The molecule has 3 nitrogen and oxygen atoms in total. The molecule has 0 aromatic heterocycles. The Balaban J connectivity index is 2.35. The van der Waals surface area contributed by atoms with E-state index in [1.807, 2.05) is 61.5 Å². The zero-order chi connectivity index (χ0) is 16.7. The van der Waals surface area contributed by atoms with Gasteiger partial charge in [-0.3, -0.25) is 9.59 Å². The van der Waals surface area contributed by atoms with Gasteiger partial charge in [0.2, 0.25) is 0 Å². The number of hydrogen-bond acceptors (Lipinski definition) is 4. The first-order chi connectivity index (χ1) is 11.2. The molecule has 2 rings (SSSR count). The van der Waals surface area contributed by atoms with Gasteiger partial charge in [-0.05, 0) is 24.1 Å². The zero-order valence-corrected chi connectivity index (χ0v) is 13.9. The Morgan fingerprint density at radius 2 is 1.74 bits per heavy atom. The number of aldehydes is 1. The molecule has 0 aliphatic heterocycles. The number of benzene rings is 2. The molecule has 0 spiro atoms. The topological polar surface area (TPSA) is 43.4 Å². The molecule has 0 saturated carbocycles. The maximum atomic E-state index is 12.2. The summed E-state index contributed by atoms with van der Waals surface area (Å²) >= 11 is 1.31. The van der Waals surface area contributed by atoms with Crippen molar-refractivity contribution in [1.29, 1.82) is 0 Å². The predicted molar refractivity (Wildman–Crippen MR) is 94.0 cm³/mol. The Bertz CT molecular complexity index is 690. The number of carbonyl (C=O) groups excluding carboxylic acids is 2. The second-order valence-electron chi connectivity index (χ2n) is 4.96. The van der Waals surface area contributed by atoms with Crippen molar-refractivity contribution >= 4 is 28.9 Å². The minimum absolute atomic E-state index is 0.342. The number of ether oxygens (including phenoxy) is 1. The molecule has 118 valence electrons. The highest BCUT2D eigenvalue weighted by molar-refractivity contribution is 8.09. The lowest BCUT2D eigenvalue weighted by Gasteiger charge is -2.16. The number of rotatable bonds is 6. The van der Waals surface area contributed by atoms with E-state index < -0.39 is 5.25 Å². The Kier molecular flexibility index (Phi) is 6.18. The molecule has 23 heavy (non-hydrogen) atoms. The average molecular weight is 326 g/mol. The number of thioether (sulfide) groups is 1. The molecule has 0 aliphatic carbocycles. The van der Waals surface area contributed by atoms with Crippen molar-refractivity contribution in [3.63, 3.8) is 0 Å². The van der Waals surface area contributed by atoms with E-state index in [0.29, 0.717) is 0 Å². The highest BCUT2D eigenvalue weighted by Crippen LogP contribution is 2.40. The van der Waals surface area contributed by atoms with Crippen molar-refractivity contribution in [2.75, 3.05) is 7.11 Å². The summed E-state index contributed by atoms with van der Waals surface area (Å²) < 4.78 is 4.93. The van der Waals surface area contributed by atoms with Crippen LogP contribution in [0.25, 0.3) is 4.91 Å². The van der Waals surface area contributed by atoms with E-state index in [9.17, 15) is 9.59 Å². The molecule has 4 heteroatoms. The molecule has 0 amide bonds. The van der Waals surface area contributed by atoms with Gasteiger partial charge in [0.05, 0.1) is 7.11 Å². The van der Waals surface area contributed by atoms with E-state index in [1.54, 1.807) is 0 Å². The van der Waals surface area contributed by atoms with Crippen LogP contribution in [-0.2, 0) is 14.3 Å². The van der Waals surface area contributed by atoms with Crippen molar-refractivity contribution in [2.24, 2.45) is 0 Å². The SMILES string of the molecule is COC(=O)C(S/C(=C\C=O)c1ccc(C)cc1)c1ccccc1. The predicted octanol–water partition coefficient (Wildman–Crippen LogP) is 4.18. The summed E-state index contributed by atoms with van der Waals surface area (Å²) in [4.78, 5) is 23.9. The van der Waals surface area contributed by atoms with E-state index >= 15 is 0 Å². The summed E-state index contributed by atoms with van der Waals surface area (Å²) in [5, 5.41) is -0.520. The summed E-state index contributed by atoms with van der Waals surface area (Å²) in [7, 11) is 1.37. The van der Waals surface area contributed by atoms with Crippen molar-refractivity contribution in [2.45, 2.75) is 12.2 Å². The molecule has 0 aliphatic rings. The van der Waals surface area contributed by atoms with Gasteiger partial charge in [0.15, 0.2) is 0 Å². The molecule has 0 radical (unpaired) electrons. The number of aryl methyl sites for hydroxylation is 1. The highest BCUT2D eigenvalue weighted by Gasteiger charge is 2.24. The van der Waals surface area contributed by atoms with Gasteiger partial charge < -0.3 is 4.74 Å². The van der Waals surface area contributed by atoms with E-state index in [2.05, 4.69) is 0 Å². The summed E-state index contributed by atoms with van der Waals surface area (Å²) in [6.45, 7) is 2.00. The summed E-state index contributed by atoms with van der Waals surface area (Å²) in [5.41, 5.74) is 2.88. The van der Waals surface area contributed by atoms with Crippen LogP contribution in [-0.4, -0.2) is 19.4 Å². The summed E-state index contributed by atoms with van der Waals surface area (Å²) in [6, 6.07) is 17.2. The van der Waals surface area contributed by atoms with Gasteiger partial charge in [0, 0.05) is 4.91 Å². The molecular weight excluding hydrogens is 308 g/mol. The monoisotopic (exact) mass is 326 g/mol. The molecular formula is C19H18O3S. The summed E-state index contributed by atoms with van der Waals surface area (Å²) in [5.74, 6) is -0.342. The first-order valence-corrected chi connectivity index (χ1v) is 8.05. The molecule has 2 aromatic rings. The fraction of sp³-hybridized carbons (Fsp3) is 0.158. The molecule has 0 heterocycles. The standard InChI is InChI=1S/C19H18O3S/c1-14-8-10-15(11-9-14)17(12-13-20)23-18(19(21)22-2)16-6-4-3-5-7-16/h3-13,18H,1-2H3/b17-12-. The first-order valence-electron chi connectivity index (χ1n) is 7.17. The van der Waals surface area contributed by atoms with Crippen LogP contribution in [0, 0.1) is 6.92 Å². The van der Waals surface area contributed by atoms with Crippen LogP contribution in [0.2, 0.25) is 0 Å². The van der Waals surface area contributed by atoms with Crippen LogP contribution in [0.5, 0.6) is 0 Å². The third-order valence-electron chi connectivity index (χ3n) is 3.32. The number of hydrogen-bond donors (Lipinski definition) is 0. The van der Waals surface area contributed by atoms with Gasteiger partial charge in [-0.25, -0.2) is 0 Å². The van der Waals surface area contributed by atoms with E-state index in [4.69, 9.17) is 4.74 Å². The second-order valence-corrected chi connectivity index (χ2v) is 6.11. The quantitative estimate of drug-likeness (QED) is 0.454. The highest BCUT2D eigenvalue weighted by atomic mass is 32.2. The number of allylic oxidation sites excluding steroid dienone is 1. The molecule has 0 bridgehead atoms. The second kappa shape index (κ2) is 8.34. The molecule has 0 fully saturated rings. The third kappa shape index (κ3) is 4.57. The largest absolute Gasteiger partial charge is 0.468 e. The molecule has 1 atom stereocenters. The lowest BCUT2D eigenvalue weighted by Crippen LogP contribution is -2.11. The minimum atomic E-state index is -0.520. The van der Waals surface area contributed by atoms with Crippen LogP contribution in [0.3, 0.4) is 0 Å². The average Bonchev–Trinajstić information content (AvgIpc) is 2.59. The maximum absolute atomic E-state index is 12.2. The fourth-order valence-corrected chi connectivity index (χ4v) is 3.24. The van der Waals surface area contributed by atoms with Crippen molar-refractivity contribution in [3.8, 4) is 0 Å². The number of esters is 1. The van der Waals surface area contributed by atoms with Crippen LogP contribution >= 0.6 is 11.8 Å². The lowest BCUT2D eigenvalue weighted by molar-refractivity contribution is -0.140. The van der Waals surface area contributed by atoms with Gasteiger partial charge in [-0.2, -0.15) is 0 Å². The van der Waals surface area contributed by atoms with Crippen molar-refractivity contribution < 1.29 is 14.3 Å². The lowest BCUT2D eigenvalue weighted by atomic mass is 10.1. The number of carbonyl (C=O) groups is 2. The van der Waals surface area contributed by atoms with Crippen molar-refractivity contribution in [1.82, 2.24) is 0 Å². The van der Waals surface area contributed by atoms with Gasteiger partial charge in [0.1, 0.15) is 11.5 Å². The van der Waals surface area contributed by atoms with E-state index in [-0.39, 0.29) is 5.97 Å². The van der Waals surface area contributed by atoms with Gasteiger partial charge in [0.25, 0.3) is 0 Å². The fourth-order valence-electron chi connectivity index (χ4n) is 2.10. The van der Waals surface area contributed by atoms with Crippen LogP contribution in [0.15, 0.2) is 60.7 Å². The van der Waals surface area contributed by atoms with Crippen molar-refractivity contribution in [3.05, 3.63) is 77.4 Å². The third-order valence-corrected chi connectivity index (χ3v) is 4.64. The smallest absolute Gasteiger partial charge is 0.323 e. The Morgan fingerprint density at radius 3 is 2.30 bits per heavy atom. The molecule has 1 unspecified atom stereocenters. The molecule has 0 saturated heterocycles. The summed E-state index contributed by atoms with van der Waals surface area (Å²) in [6.07, 6.45) is 2.22. The van der Waals surface area contributed by atoms with Gasteiger partial charge >= 0.3 is 5.97 Å². The zero-order valence-electron chi connectivity index (χ0n) is 13.1. The Hall–Kier alpha value is -2.33. The molecule has 2 aromatic carbocycles. The van der Waals surface area contributed by atoms with Crippen LogP contribution in [0.1, 0.15) is 21.9 Å². The minimum Gasteiger partial charge on any atom is -0.468 e. The Morgan fingerprint density at radius 1 is 1.09 bits per heavy atom. The van der Waals surface area contributed by atoms with Crippen LogP contribution < -0.4 is 0 Å². The van der Waals surface area contributed by atoms with Gasteiger partial charge in [-0.1, -0.05) is 60.2 Å². The van der Waals surface area contributed by atoms with Gasteiger partial charge in [-0.15, -0.1) is 11.8 Å². The molecule has 0 N–H and O–H groups in total. The first kappa shape index (κ1) is 17.0. The van der Waals surface area contributed by atoms with Crippen LogP contribution in [0.4, 0.5) is 0 Å². The maximum Gasteiger partial charge on any atom is 0.323 e.